The highest BCUT2D eigenvalue weighted by Gasteiger charge is 2.40. The molecule has 4 nitrogen and oxygen atoms in total. The van der Waals surface area contributed by atoms with Crippen molar-refractivity contribution in [2.24, 2.45) is 0 Å². The van der Waals surface area contributed by atoms with E-state index in [1.54, 1.807) is 7.11 Å². The third-order valence-corrected chi connectivity index (χ3v) is 5.21. The molecule has 0 unspecified atom stereocenters. The monoisotopic (exact) mass is 333 g/mol. The highest BCUT2D eigenvalue weighted by Crippen LogP contribution is 2.40. The van der Waals surface area contributed by atoms with Crippen LogP contribution in [0.5, 0.6) is 0 Å². The van der Waals surface area contributed by atoms with Crippen LogP contribution in [0.15, 0.2) is 36.5 Å². The van der Waals surface area contributed by atoms with Gasteiger partial charge in [0.2, 0.25) is 0 Å². The van der Waals surface area contributed by atoms with Gasteiger partial charge in [-0.15, -0.1) is 11.3 Å². The maximum Gasteiger partial charge on any atom is 0.170 e. The smallest absolute Gasteiger partial charge is 0.170 e. The number of aromatic nitrogens is 1. The van der Waals surface area contributed by atoms with Crippen LogP contribution >= 0.6 is 23.6 Å². The van der Waals surface area contributed by atoms with Gasteiger partial charge in [0, 0.05) is 29.6 Å². The summed E-state index contributed by atoms with van der Waals surface area (Å²) < 4.78 is 5.24. The fourth-order valence-corrected chi connectivity index (χ4v) is 4.12. The molecule has 0 saturated carbocycles. The first-order valence-electron chi connectivity index (χ1n) is 7.24. The highest BCUT2D eigenvalue weighted by molar-refractivity contribution is 7.80. The lowest BCUT2D eigenvalue weighted by atomic mass is 10.0. The summed E-state index contributed by atoms with van der Waals surface area (Å²) in [6, 6.07) is 10.6. The topological polar surface area (TPSA) is 37.4 Å². The van der Waals surface area contributed by atoms with Gasteiger partial charge in [0.1, 0.15) is 0 Å². The van der Waals surface area contributed by atoms with Gasteiger partial charge in [0.05, 0.1) is 24.4 Å². The Morgan fingerprint density at radius 1 is 1.36 bits per heavy atom. The van der Waals surface area contributed by atoms with Gasteiger partial charge in [0.15, 0.2) is 5.11 Å². The molecule has 116 valence electrons. The molecule has 2 aromatic heterocycles. The van der Waals surface area contributed by atoms with Crippen molar-refractivity contribution in [3.05, 3.63) is 52.0 Å². The number of aryl methyl sites for hydroxylation is 1. The van der Waals surface area contributed by atoms with Crippen molar-refractivity contribution in [1.82, 2.24) is 15.2 Å². The van der Waals surface area contributed by atoms with Gasteiger partial charge in [-0.3, -0.25) is 4.98 Å². The van der Waals surface area contributed by atoms with E-state index in [1.807, 2.05) is 35.7 Å². The molecule has 1 aliphatic heterocycles. The normalized spacial score (nSPS) is 21.2. The minimum absolute atomic E-state index is 0.0728. The van der Waals surface area contributed by atoms with Crippen molar-refractivity contribution in [3.8, 4) is 0 Å². The van der Waals surface area contributed by atoms with E-state index in [1.165, 1.54) is 9.75 Å². The molecule has 2 atom stereocenters. The zero-order valence-corrected chi connectivity index (χ0v) is 14.3. The fraction of sp³-hybridized carbons (Fsp3) is 0.375. The first-order valence-corrected chi connectivity index (χ1v) is 8.46. The molecule has 1 saturated heterocycles. The van der Waals surface area contributed by atoms with Crippen LogP contribution in [0.2, 0.25) is 0 Å². The van der Waals surface area contributed by atoms with E-state index in [9.17, 15) is 0 Å². The molecular formula is C16H19N3OS2. The average Bonchev–Trinajstić information content (AvgIpc) is 3.09. The summed E-state index contributed by atoms with van der Waals surface area (Å²) >= 11 is 7.36. The number of nitrogens with zero attached hydrogens (tertiary/aromatic N) is 2. The fourth-order valence-electron chi connectivity index (χ4n) is 2.76. The van der Waals surface area contributed by atoms with E-state index in [0.717, 1.165) is 17.4 Å². The first kappa shape index (κ1) is 15.4. The van der Waals surface area contributed by atoms with Crippen LogP contribution < -0.4 is 5.32 Å². The summed E-state index contributed by atoms with van der Waals surface area (Å²) in [5, 5.41) is 4.20. The number of ether oxygens (including phenoxy) is 1. The van der Waals surface area contributed by atoms with Crippen LogP contribution in [0.1, 0.15) is 27.5 Å². The molecule has 1 fully saturated rings. The first-order chi connectivity index (χ1) is 10.7. The number of methoxy groups -OCH3 is 1. The second-order valence-electron chi connectivity index (χ2n) is 5.26. The molecule has 0 spiro atoms. The van der Waals surface area contributed by atoms with E-state index in [2.05, 4.69) is 34.3 Å². The van der Waals surface area contributed by atoms with E-state index in [0.29, 0.717) is 6.61 Å². The third-order valence-electron chi connectivity index (χ3n) is 3.79. The number of pyridine rings is 1. The summed E-state index contributed by atoms with van der Waals surface area (Å²) in [5.74, 6) is 0. The number of rotatable bonds is 5. The predicted octanol–water partition coefficient (Wildman–Crippen LogP) is 3.07. The lowest BCUT2D eigenvalue weighted by Crippen LogP contribution is -2.32. The predicted molar refractivity (Wildman–Crippen MR) is 93.1 cm³/mol. The van der Waals surface area contributed by atoms with Crippen LogP contribution in [-0.2, 0) is 4.74 Å². The van der Waals surface area contributed by atoms with Gasteiger partial charge >= 0.3 is 0 Å². The van der Waals surface area contributed by atoms with Crippen LogP contribution in [0.3, 0.4) is 0 Å². The standard InChI is InChI=1S/C16H19N3OS2/c1-11-6-7-13(22-11)15-14(12-5-3-4-8-17-12)18-16(21)19(15)9-10-20-2/h3-8,14-15H,9-10H2,1-2H3,(H,18,21)/t14-,15-/m1/s1. The van der Waals surface area contributed by atoms with Crippen molar-refractivity contribution in [2.45, 2.75) is 19.0 Å². The van der Waals surface area contributed by atoms with Gasteiger partial charge in [0.25, 0.3) is 0 Å². The number of thiophene rings is 1. The summed E-state index contributed by atoms with van der Waals surface area (Å²) in [5.41, 5.74) is 1.01. The average molecular weight is 333 g/mol. The van der Waals surface area contributed by atoms with Crippen molar-refractivity contribution in [2.75, 3.05) is 20.3 Å². The quantitative estimate of drug-likeness (QED) is 0.851. The van der Waals surface area contributed by atoms with Crippen LogP contribution in [0, 0.1) is 6.92 Å². The maximum atomic E-state index is 5.55. The molecule has 3 heterocycles. The molecule has 1 N–H and O–H groups in total. The van der Waals surface area contributed by atoms with Crippen molar-refractivity contribution in [3.63, 3.8) is 0 Å². The van der Waals surface area contributed by atoms with Gasteiger partial charge in [-0.05, 0) is 43.4 Å². The van der Waals surface area contributed by atoms with Gasteiger partial charge in [-0.2, -0.15) is 0 Å². The van der Waals surface area contributed by atoms with Crippen molar-refractivity contribution >= 4 is 28.7 Å². The zero-order chi connectivity index (χ0) is 15.5. The second-order valence-corrected chi connectivity index (χ2v) is 6.97. The summed E-state index contributed by atoms with van der Waals surface area (Å²) in [6.45, 7) is 3.55. The number of thiocarbonyl (C=S) groups is 1. The molecule has 6 heteroatoms. The molecule has 3 rings (SSSR count). The molecule has 0 aromatic carbocycles. The number of nitrogens with one attached hydrogen (secondary N) is 1. The summed E-state index contributed by atoms with van der Waals surface area (Å²) in [6.07, 6.45) is 1.83. The number of hydrogen-bond acceptors (Lipinski definition) is 4. The molecule has 0 bridgehead atoms. The van der Waals surface area contributed by atoms with Gasteiger partial charge in [-0.25, -0.2) is 0 Å². The second kappa shape index (κ2) is 6.73. The van der Waals surface area contributed by atoms with Crippen LogP contribution in [0.4, 0.5) is 0 Å². The summed E-state index contributed by atoms with van der Waals surface area (Å²) in [4.78, 5) is 9.34. The Balaban J connectivity index is 1.96. The lowest BCUT2D eigenvalue weighted by Gasteiger charge is -2.26. The maximum absolute atomic E-state index is 5.55. The van der Waals surface area contributed by atoms with Gasteiger partial charge < -0.3 is 15.0 Å². The largest absolute Gasteiger partial charge is 0.383 e. The minimum Gasteiger partial charge on any atom is -0.383 e. The highest BCUT2D eigenvalue weighted by atomic mass is 32.1. The Kier molecular flexibility index (Phi) is 4.71. The molecule has 0 amide bonds. The molecule has 2 aromatic rings. The van der Waals surface area contributed by atoms with Gasteiger partial charge in [-0.1, -0.05) is 6.07 Å². The van der Waals surface area contributed by atoms with E-state index in [4.69, 9.17) is 17.0 Å². The minimum atomic E-state index is 0.0728. The Morgan fingerprint density at radius 2 is 2.23 bits per heavy atom. The molecule has 0 aliphatic carbocycles. The van der Waals surface area contributed by atoms with Crippen LogP contribution in [0.25, 0.3) is 0 Å². The Labute approximate surface area is 140 Å². The third kappa shape index (κ3) is 2.99. The molecule has 0 radical (unpaired) electrons. The SMILES string of the molecule is COCCN1C(=S)N[C@H](c2ccccn2)[C@H]1c1ccc(C)s1. The Morgan fingerprint density at radius 3 is 2.86 bits per heavy atom. The van der Waals surface area contributed by atoms with E-state index >= 15 is 0 Å². The van der Waals surface area contributed by atoms with E-state index in [-0.39, 0.29) is 12.1 Å². The lowest BCUT2D eigenvalue weighted by molar-refractivity contribution is 0.164. The molecule has 22 heavy (non-hydrogen) atoms. The Hall–Kier alpha value is -1.50. The summed E-state index contributed by atoms with van der Waals surface area (Å²) in [7, 11) is 1.72. The van der Waals surface area contributed by atoms with Crippen LogP contribution in [-0.4, -0.2) is 35.3 Å². The van der Waals surface area contributed by atoms with Crippen molar-refractivity contribution in [1.29, 1.82) is 0 Å². The van der Waals surface area contributed by atoms with Crippen molar-refractivity contribution < 1.29 is 4.74 Å². The molecular weight excluding hydrogens is 314 g/mol. The zero-order valence-electron chi connectivity index (χ0n) is 12.7. The Bertz CT molecular complexity index is 644. The number of hydrogen-bond donors (Lipinski definition) is 1. The molecule has 1 aliphatic rings. The van der Waals surface area contributed by atoms with E-state index < -0.39 is 0 Å².